The number of hydrogen-bond acceptors (Lipinski definition) is 1. The zero-order valence-electron chi connectivity index (χ0n) is 9.37. The Morgan fingerprint density at radius 2 is 1.94 bits per heavy atom. The quantitative estimate of drug-likeness (QED) is 0.769. The van der Waals surface area contributed by atoms with Crippen LogP contribution in [0.25, 0.3) is 0 Å². The Hall–Kier alpha value is -1.03. The van der Waals surface area contributed by atoms with Crippen LogP contribution in [0.4, 0.5) is 13.2 Å². The summed E-state index contributed by atoms with van der Waals surface area (Å²) in [5.74, 6) is 0.423. The van der Waals surface area contributed by atoms with Gasteiger partial charge in [-0.2, -0.15) is 13.2 Å². The van der Waals surface area contributed by atoms with Crippen LogP contribution in [-0.4, -0.2) is 30.7 Å². The van der Waals surface area contributed by atoms with Gasteiger partial charge in [0.2, 0.25) is 0 Å². The van der Waals surface area contributed by atoms with Crippen LogP contribution in [0.2, 0.25) is 0 Å². The van der Waals surface area contributed by atoms with E-state index in [1.807, 2.05) is 30.3 Å². The van der Waals surface area contributed by atoms with Gasteiger partial charge in [0, 0.05) is 18.5 Å². The zero-order chi connectivity index (χ0) is 12.1. The maximum atomic E-state index is 12.3. The summed E-state index contributed by atoms with van der Waals surface area (Å²) in [6.07, 6.45) is -3.03. The van der Waals surface area contributed by atoms with Gasteiger partial charge in [0.15, 0.2) is 0 Å². The Morgan fingerprint density at radius 3 is 2.59 bits per heavy atom. The molecule has 92 valence electrons. The van der Waals surface area contributed by atoms with E-state index in [1.54, 1.807) is 4.90 Å². The lowest BCUT2D eigenvalue weighted by molar-refractivity contribution is -0.144. The standard InChI is InChI=1S/C13H14F3N/c14-13(15,16)9-17-7-11-6-12(11,8-17)10-4-2-1-3-5-10/h1-5,11H,6-9H2. The number of halogens is 3. The van der Waals surface area contributed by atoms with Gasteiger partial charge >= 0.3 is 6.18 Å². The van der Waals surface area contributed by atoms with E-state index in [9.17, 15) is 13.2 Å². The van der Waals surface area contributed by atoms with Crippen molar-refractivity contribution < 1.29 is 13.2 Å². The van der Waals surface area contributed by atoms with Crippen LogP contribution in [0.5, 0.6) is 0 Å². The molecule has 0 spiro atoms. The summed E-state index contributed by atoms with van der Waals surface area (Å²) in [5, 5.41) is 0. The average molecular weight is 241 g/mol. The normalized spacial score (nSPS) is 32.5. The van der Waals surface area contributed by atoms with Crippen molar-refractivity contribution in [1.29, 1.82) is 0 Å². The van der Waals surface area contributed by atoms with Crippen LogP contribution in [0.15, 0.2) is 30.3 Å². The lowest BCUT2D eigenvalue weighted by Crippen LogP contribution is -2.35. The largest absolute Gasteiger partial charge is 0.401 e. The maximum Gasteiger partial charge on any atom is 0.401 e. The molecule has 1 saturated carbocycles. The van der Waals surface area contributed by atoms with E-state index in [4.69, 9.17) is 0 Å². The Kier molecular flexibility index (Phi) is 2.27. The van der Waals surface area contributed by atoms with Crippen molar-refractivity contribution in [2.45, 2.75) is 18.0 Å². The van der Waals surface area contributed by atoms with Crippen molar-refractivity contribution in [2.24, 2.45) is 5.92 Å². The SMILES string of the molecule is FC(F)(F)CN1CC2CC2(c2ccccc2)C1. The highest BCUT2D eigenvalue weighted by molar-refractivity contribution is 5.36. The number of likely N-dealkylation sites (tertiary alicyclic amines) is 1. The molecule has 2 atom stereocenters. The third-order valence-corrected chi connectivity index (χ3v) is 3.97. The van der Waals surface area contributed by atoms with Gasteiger partial charge in [-0.15, -0.1) is 0 Å². The minimum absolute atomic E-state index is 0.0203. The molecule has 17 heavy (non-hydrogen) atoms. The van der Waals surface area contributed by atoms with E-state index >= 15 is 0 Å². The second-order valence-electron chi connectivity index (χ2n) is 5.21. The van der Waals surface area contributed by atoms with Gasteiger partial charge in [0.25, 0.3) is 0 Å². The first-order chi connectivity index (χ1) is 8.00. The average Bonchev–Trinajstić information content (AvgIpc) is 2.82. The number of nitrogens with zero attached hydrogens (tertiary/aromatic N) is 1. The number of rotatable bonds is 2. The monoisotopic (exact) mass is 241 g/mol. The summed E-state index contributed by atoms with van der Waals surface area (Å²) < 4.78 is 37.0. The Labute approximate surface area is 98.2 Å². The molecule has 0 N–H and O–H groups in total. The highest BCUT2D eigenvalue weighted by Gasteiger charge is 2.61. The molecule has 2 fully saturated rings. The fourth-order valence-corrected chi connectivity index (χ4v) is 3.18. The molecule has 1 nitrogen and oxygen atoms in total. The zero-order valence-corrected chi connectivity index (χ0v) is 9.37. The van der Waals surface area contributed by atoms with Gasteiger partial charge in [-0.25, -0.2) is 0 Å². The first-order valence-electron chi connectivity index (χ1n) is 5.84. The van der Waals surface area contributed by atoms with E-state index in [0.29, 0.717) is 19.0 Å². The van der Waals surface area contributed by atoms with Crippen molar-refractivity contribution in [3.05, 3.63) is 35.9 Å². The molecular weight excluding hydrogens is 227 g/mol. The summed E-state index contributed by atoms with van der Waals surface area (Å²) in [4.78, 5) is 1.54. The van der Waals surface area contributed by atoms with E-state index in [2.05, 4.69) is 0 Å². The number of piperidine rings is 1. The lowest BCUT2D eigenvalue weighted by Gasteiger charge is -2.22. The summed E-state index contributed by atoms with van der Waals surface area (Å²) in [7, 11) is 0. The van der Waals surface area contributed by atoms with E-state index in [0.717, 1.165) is 6.42 Å². The van der Waals surface area contributed by atoms with Crippen molar-refractivity contribution >= 4 is 0 Å². The van der Waals surface area contributed by atoms with Crippen LogP contribution < -0.4 is 0 Å². The molecule has 2 unspecified atom stereocenters. The lowest BCUT2D eigenvalue weighted by atomic mass is 9.95. The highest BCUT2D eigenvalue weighted by Crippen LogP contribution is 2.59. The van der Waals surface area contributed by atoms with Crippen molar-refractivity contribution in [1.82, 2.24) is 4.90 Å². The van der Waals surface area contributed by atoms with E-state index in [-0.39, 0.29) is 5.41 Å². The molecule has 4 heteroatoms. The molecule has 0 aromatic heterocycles. The molecule has 1 heterocycles. The van der Waals surface area contributed by atoms with Crippen LogP contribution in [0.3, 0.4) is 0 Å². The first kappa shape index (κ1) is 11.1. The van der Waals surface area contributed by atoms with Gasteiger partial charge in [-0.05, 0) is 17.9 Å². The van der Waals surface area contributed by atoms with Crippen LogP contribution in [0, 0.1) is 5.92 Å². The molecule has 0 radical (unpaired) electrons. The molecule has 1 aliphatic heterocycles. The molecule has 1 aromatic carbocycles. The smallest absolute Gasteiger partial charge is 0.294 e. The van der Waals surface area contributed by atoms with Gasteiger partial charge in [0.1, 0.15) is 0 Å². The fourth-order valence-electron chi connectivity index (χ4n) is 3.18. The highest BCUT2D eigenvalue weighted by atomic mass is 19.4. The van der Waals surface area contributed by atoms with Crippen molar-refractivity contribution in [3.8, 4) is 0 Å². The summed E-state index contributed by atoms with van der Waals surface area (Å²) in [6.45, 7) is 0.383. The molecule has 0 bridgehead atoms. The molecule has 1 aromatic rings. The molecule has 0 amide bonds. The second-order valence-corrected chi connectivity index (χ2v) is 5.21. The van der Waals surface area contributed by atoms with Crippen LogP contribution >= 0.6 is 0 Å². The molecule has 3 rings (SSSR count). The number of alkyl halides is 3. The number of benzene rings is 1. The maximum absolute atomic E-state index is 12.3. The van der Waals surface area contributed by atoms with E-state index < -0.39 is 12.7 Å². The first-order valence-corrected chi connectivity index (χ1v) is 5.84. The minimum Gasteiger partial charge on any atom is -0.294 e. The van der Waals surface area contributed by atoms with Crippen LogP contribution in [-0.2, 0) is 5.41 Å². The number of hydrogen-bond donors (Lipinski definition) is 0. The predicted octanol–water partition coefficient (Wildman–Crippen LogP) is 2.82. The minimum atomic E-state index is -4.07. The number of fused-ring (bicyclic) bond motifs is 1. The molecule has 1 aliphatic carbocycles. The Morgan fingerprint density at radius 1 is 1.24 bits per heavy atom. The van der Waals surface area contributed by atoms with Crippen LogP contribution in [0.1, 0.15) is 12.0 Å². The summed E-state index contributed by atoms with van der Waals surface area (Å²) in [6, 6.07) is 9.95. The third kappa shape index (κ3) is 1.95. The molecule has 2 aliphatic rings. The van der Waals surface area contributed by atoms with E-state index in [1.165, 1.54) is 5.56 Å². The summed E-state index contributed by atoms with van der Waals surface area (Å²) in [5.41, 5.74) is 1.22. The van der Waals surface area contributed by atoms with Gasteiger partial charge < -0.3 is 0 Å². The predicted molar refractivity (Wildman–Crippen MR) is 58.7 cm³/mol. The topological polar surface area (TPSA) is 3.24 Å². The molecular formula is C13H14F3N. The Bertz CT molecular complexity index is 414. The van der Waals surface area contributed by atoms with Gasteiger partial charge in [-0.1, -0.05) is 30.3 Å². The van der Waals surface area contributed by atoms with Crippen molar-refractivity contribution in [3.63, 3.8) is 0 Å². The van der Waals surface area contributed by atoms with Crippen molar-refractivity contribution in [2.75, 3.05) is 19.6 Å². The van der Waals surface area contributed by atoms with Gasteiger partial charge in [0.05, 0.1) is 6.54 Å². The third-order valence-electron chi connectivity index (χ3n) is 3.97. The summed E-state index contributed by atoms with van der Waals surface area (Å²) >= 11 is 0. The van der Waals surface area contributed by atoms with Gasteiger partial charge in [-0.3, -0.25) is 4.90 Å². The Balaban J connectivity index is 1.73. The molecule has 1 saturated heterocycles. The second kappa shape index (κ2) is 3.48. The fraction of sp³-hybridized carbons (Fsp3) is 0.538.